The molecule has 7 nitrogen and oxygen atoms in total. The molecule has 2 aromatic carbocycles. The van der Waals surface area contributed by atoms with Crippen LogP contribution in [0.3, 0.4) is 0 Å². The molecule has 0 unspecified atom stereocenters. The Kier molecular flexibility index (Phi) is 5.88. The Hall–Kier alpha value is -3.42. The van der Waals surface area contributed by atoms with Crippen molar-refractivity contribution in [3.05, 3.63) is 53.3 Å². The van der Waals surface area contributed by atoms with Crippen molar-refractivity contribution in [2.24, 2.45) is 0 Å². The van der Waals surface area contributed by atoms with E-state index >= 15 is 0 Å². The average Bonchev–Trinajstić information content (AvgIpc) is 2.66. The van der Waals surface area contributed by atoms with E-state index in [4.69, 9.17) is 9.84 Å². The number of fused-ring (bicyclic) bond motifs is 1. The van der Waals surface area contributed by atoms with Crippen LogP contribution >= 0.6 is 0 Å². The van der Waals surface area contributed by atoms with E-state index in [-0.39, 0.29) is 30.2 Å². The van der Waals surface area contributed by atoms with Crippen LogP contribution in [0.5, 0.6) is 5.75 Å². The number of anilines is 2. The summed E-state index contributed by atoms with van der Waals surface area (Å²) in [6.07, 6.45) is 1.59. The van der Waals surface area contributed by atoms with Crippen molar-refractivity contribution in [3.63, 3.8) is 0 Å². The van der Waals surface area contributed by atoms with E-state index in [9.17, 15) is 18.8 Å². The predicted molar refractivity (Wildman–Crippen MR) is 100 cm³/mol. The molecule has 28 heavy (non-hydrogen) atoms. The first-order valence-corrected chi connectivity index (χ1v) is 8.80. The van der Waals surface area contributed by atoms with Gasteiger partial charge >= 0.3 is 5.97 Å². The number of carboxylic acids is 1. The fraction of sp³-hybridized carbons (Fsp3) is 0.250. The van der Waals surface area contributed by atoms with Crippen LogP contribution in [-0.2, 0) is 16.0 Å². The number of hydrogen-bond donors (Lipinski definition) is 3. The maximum Gasteiger partial charge on any atom is 0.335 e. The van der Waals surface area contributed by atoms with E-state index in [2.05, 4.69) is 10.6 Å². The third kappa shape index (κ3) is 4.85. The van der Waals surface area contributed by atoms with Gasteiger partial charge in [-0.1, -0.05) is 0 Å². The maximum absolute atomic E-state index is 13.7. The minimum absolute atomic E-state index is 0.00231. The SMILES string of the molecule is O=C(CCCOc1ccc2c(c1)CCC(=O)N2)Nc1cc(C(=O)O)ccc1F. The van der Waals surface area contributed by atoms with Crippen LogP contribution in [-0.4, -0.2) is 29.5 Å². The van der Waals surface area contributed by atoms with Crippen molar-refractivity contribution in [1.29, 1.82) is 0 Å². The van der Waals surface area contributed by atoms with Crippen molar-refractivity contribution in [2.45, 2.75) is 25.7 Å². The van der Waals surface area contributed by atoms with E-state index in [1.807, 2.05) is 6.07 Å². The van der Waals surface area contributed by atoms with Gasteiger partial charge in [-0.2, -0.15) is 0 Å². The molecule has 1 heterocycles. The standard InChI is InChI=1S/C20H19FN2O5/c21-15-6-3-13(20(26)27)11-17(15)23-18(24)2-1-9-28-14-5-7-16-12(10-14)4-8-19(25)22-16/h3,5-7,10-11H,1-2,4,8-9H2,(H,22,25)(H,23,24)(H,26,27). The number of hydrogen-bond acceptors (Lipinski definition) is 4. The van der Waals surface area contributed by atoms with Gasteiger partial charge in [0.15, 0.2) is 0 Å². The minimum Gasteiger partial charge on any atom is -0.494 e. The molecule has 0 atom stereocenters. The molecule has 0 radical (unpaired) electrons. The molecule has 2 amide bonds. The number of ether oxygens (including phenoxy) is 1. The molecule has 0 saturated carbocycles. The molecule has 146 valence electrons. The van der Waals surface area contributed by atoms with E-state index in [0.29, 0.717) is 25.0 Å². The van der Waals surface area contributed by atoms with Gasteiger partial charge < -0.3 is 20.5 Å². The van der Waals surface area contributed by atoms with Crippen LogP contribution in [0.4, 0.5) is 15.8 Å². The lowest BCUT2D eigenvalue weighted by atomic mass is 10.0. The number of carboxylic acid groups (broad SMARTS) is 1. The zero-order valence-electron chi connectivity index (χ0n) is 15.0. The van der Waals surface area contributed by atoms with Crippen LogP contribution in [0.15, 0.2) is 36.4 Å². The molecule has 0 fully saturated rings. The highest BCUT2D eigenvalue weighted by molar-refractivity contribution is 5.94. The molecule has 8 heteroatoms. The quantitative estimate of drug-likeness (QED) is 0.634. The predicted octanol–water partition coefficient (Wildman–Crippen LogP) is 3.21. The largest absolute Gasteiger partial charge is 0.494 e. The lowest BCUT2D eigenvalue weighted by Crippen LogP contribution is -2.18. The van der Waals surface area contributed by atoms with Gasteiger partial charge in [0.1, 0.15) is 11.6 Å². The van der Waals surface area contributed by atoms with Gasteiger partial charge in [0, 0.05) is 18.5 Å². The summed E-state index contributed by atoms with van der Waals surface area (Å²) >= 11 is 0. The molecule has 0 aromatic heterocycles. The lowest BCUT2D eigenvalue weighted by Gasteiger charge is -2.17. The number of nitrogens with one attached hydrogen (secondary N) is 2. The fourth-order valence-corrected chi connectivity index (χ4v) is 2.84. The Morgan fingerprint density at radius 1 is 1.18 bits per heavy atom. The lowest BCUT2D eigenvalue weighted by molar-refractivity contribution is -0.117. The van der Waals surface area contributed by atoms with Crippen LogP contribution in [0, 0.1) is 5.82 Å². The minimum atomic E-state index is -1.20. The molecule has 0 saturated heterocycles. The highest BCUT2D eigenvalue weighted by Gasteiger charge is 2.15. The van der Waals surface area contributed by atoms with Crippen LogP contribution in [0.1, 0.15) is 35.2 Å². The van der Waals surface area contributed by atoms with Crippen LogP contribution in [0.2, 0.25) is 0 Å². The molecule has 0 bridgehead atoms. The summed E-state index contributed by atoms with van der Waals surface area (Å²) in [5.41, 5.74) is 1.52. The Morgan fingerprint density at radius 2 is 2.00 bits per heavy atom. The number of halogens is 1. The monoisotopic (exact) mass is 386 g/mol. The van der Waals surface area contributed by atoms with Gasteiger partial charge in [-0.05, 0) is 54.8 Å². The summed E-state index contributed by atoms with van der Waals surface area (Å²) in [6, 6.07) is 8.61. The molecule has 3 rings (SSSR count). The van der Waals surface area contributed by atoms with Crippen molar-refractivity contribution in [1.82, 2.24) is 0 Å². The van der Waals surface area contributed by atoms with Crippen molar-refractivity contribution in [3.8, 4) is 5.75 Å². The van der Waals surface area contributed by atoms with E-state index < -0.39 is 17.7 Å². The Labute approximate surface area is 160 Å². The summed E-state index contributed by atoms with van der Waals surface area (Å²) in [5.74, 6) is -1.68. The number of aromatic carboxylic acids is 1. The second kappa shape index (κ2) is 8.51. The van der Waals surface area contributed by atoms with Gasteiger partial charge in [-0.15, -0.1) is 0 Å². The van der Waals surface area contributed by atoms with Crippen LogP contribution in [0.25, 0.3) is 0 Å². The van der Waals surface area contributed by atoms with Gasteiger partial charge in [-0.3, -0.25) is 9.59 Å². The summed E-state index contributed by atoms with van der Waals surface area (Å²) in [7, 11) is 0. The molecule has 1 aliphatic heterocycles. The third-order valence-electron chi connectivity index (χ3n) is 4.28. The van der Waals surface area contributed by atoms with Gasteiger partial charge in [0.2, 0.25) is 11.8 Å². The number of rotatable bonds is 7. The average molecular weight is 386 g/mol. The number of amides is 2. The zero-order valence-corrected chi connectivity index (χ0v) is 15.0. The smallest absolute Gasteiger partial charge is 0.335 e. The highest BCUT2D eigenvalue weighted by Crippen LogP contribution is 2.27. The molecule has 1 aliphatic rings. The van der Waals surface area contributed by atoms with Gasteiger partial charge in [-0.25, -0.2) is 9.18 Å². The molecular formula is C20H19FN2O5. The van der Waals surface area contributed by atoms with E-state index in [0.717, 1.165) is 29.4 Å². The fourth-order valence-electron chi connectivity index (χ4n) is 2.84. The third-order valence-corrected chi connectivity index (χ3v) is 4.28. The van der Waals surface area contributed by atoms with Crippen molar-refractivity contribution in [2.75, 3.05) is 17.2 Å². The van der Waals surface area contributed by atoms with Crippen LogP contribution < -0.4 is 15.4 Å². The summed E-state index contributed by atoms with van der Waals surface area (Å²) in [4.78, 5) is 34.2. The number of carbonyl (C=O) groups is 3. The van der Waals surface area contributed by atoms with Crippen molar-refractivity contribution < 1.29 is 28.6 Å². The number of carbonyl (C=O) groups excluding carboxylic acids is 2. The van der Waals surface area contributed by atoms with E-state index in [1.165, 1.54) is 0 Å². The first-order valence-electron chi connectivity index (χ1n) is 8.80. The van der Waals surface area contributed by atoms with E-state index in [1.54, 1.807) is 12.1 Å². The van der Waals surface area contributed by atoms with Gasteiger partial charge in [0.05, 0.1) is 17.9 Å². The Balaban J connectivity index is 1.47. The molecule has 0 spiro atoms. The second-order valence-electron chi connectivity index (χ2n) is 6.37. The normalized spacial score (nSPS) is 12.7. The zero-order chi connectivity index (χ0) is 20.1. The second-order valence-corrected chi connectivity index (χ2v) is 6.37. The molecular weight excluding hydrogens is 367 g/mol. The van der Waals surface area contributed by atoms with Crippen molar-refractivity contribution >= 4 is 29.2 Å². The van der Waals surface area contributed by atoms with Gasteiger partial charge in [0.25, 0.3) is 0 Å². The summed E-state index contributed by atoms with van der Waals surface area (Å²) in [5, 5.41) is 14.1. The Bertz CT molecular complexity index is 929. The molecule has 2 aromatic rings. The molecule has 3 N–H and O–H groups in total. The maximum atomic E-state index is 13.7. The topological polar surface area (TPSA) is 105 Å². The summed E-state index contributed by atoms with van der Waals surface area (Å²) in [6.45, 7) is 0.288. The molecule has 0 aliphatic carbocycles. The highest BCUT2D eigenvalue weighted by atomic mass is 19.1. The first-order chi connectivity index (χ1) is 13.4. The summed E-state index contributed by atoms with van der Waals surface area (Å²) < 4.78 is 19.3. The number of benzene rings is 2. The first kappa shape index (κ1) is 19.3. The number of aryl methyl sites for hydroxylation is 1. The Morgan fingerprint density at radius 3 is 2.79 bits per heavy atom.